The number of nitrogens with zero attached hydrogens (tertiary/aromatic N) is 5. The number of carboxylic acid groups (broad SMARTS) is 1. The van der Waals surface area contributed by atoms with E-state index in [0.717, 1.165) is 4.68 Å². The second-order valence-corrected chi connectivity index (χ2v) is 5.53. The fraction of sp³-hybridized carbons (Fsp3) is 0.188. The molecule has 26 heavy (non-hydrogen) atoms. The largest absolute Gasteiger partial charge is 0.477 e. The van der Waals surface area contributed by atoms with Crippen molar-refractivity contribution in [3.63, 3.8) is 0 Å². The van der Waals surface area contributed by atoms with Gasteiger partial charge in [-0.05, 0) is 30.7 Å². The molecule has 0 saturated heterocycles. The van der Waals surface area contributed by atoms with Gasteiger partial charge in [-0.1, -0.05) is 12.1 Å². The predicted octanol–water partition coefficient (Wildman–Crippen LogP) is 1.56. The van der Waals surface area contributed by atoms with Crippen LogP contribution in [0.4, 0.5) is 10.3 Å². The van der Waals surface area contributed by atoms with Crippen molar-refractivity contribution in [3.8, 4) is 0 Å². The van der Waals surface area contributed by atoms with E-state index in [4.69, 9.17) is 5.11 Å². The van der Waals surface area contributed by atoms with Gasteiger partial charge in [-0.3, -0.25) is 10.1 Å². The van der Waals surface area contributed by atoms with Crippen LogP contribution in [0.1, 0.15) is 29.0 Å². The van der Waals surface area contributed by atoms with Gasteiger partial charge in [0.05, 0.1) is 6.54 Å². The lowest BCUT2D eigenvalue weighted by atomic mass is 10.2. The highest BCUT2D eigenvalue weighted by molar-refractivity contribution is 5.93. The number of rotatable bonds is 6. The Kier molecular flexibility index (Phi) is 4.74. The third-order valence-electron chi connectivity index (χ3n) is 3.64. The molecule has 3 aromatic rings. The van der Waals surface area contributed by atoms with Crippen LogP contribution in [0.5, 0.6) is 0 Å². The molecule has 3 rings (SSSR count). The van der Waals surface area contributed by atoms with Crippen molar-refractivity contribution in [1.82, 2.24) is 24.5 Å². The minimum Gasteiger partial charge on any atom is -0.477 e. The highest BCUT2D eigenvalue weighted by Crippen LogP contribution is 2.12. The van der Waals surface area contributed by atoms with Crippen LogP contribution in [0.2, 0.25) is 0 Å². The molecule has 1 amide bonds. The average Bonchev–Trinajstić information content (AvgIpc) is 3.23. The Labute approximate surface area is 147 Å². The number of halogens is 1. The van der Waals surface area contributed by atoms with Crippen molar-refractivity contribution < 1.29 is 19.1 Å². The zero-order valence-electron chi connectivity index (χ0n) is 13.7. The molecule has 2 aromatic heterocycles. The molecular weight excluding hydrogens is 343 g/mol. The summed E-state index contributed by atoms with van der Waals surface area (Å²) in [7, 11) is 0. The molecule has 2 heterocycles. The monoisotopic (exact) mass is 358 g/mol. The van der Waals surface area contributed by atoms with Crippen molar-refractivity contribution in [2.24, 2.45) is 0 Å². The van der Waals surface area contributed by atoms with E-state index in [2.05, 4.69) is 20.5 Å². The average molecular weight is 358 g/mol. The minimum atomic E-state index is -1.18. The van der Waals surface area contributed by atoms with E-state index in [1.54, 1.807) is 12.1 Å². The second-order valence-electron chi connectivity index (χ2n) is 5.53. The van der Waals surface area contributed by atoms with Gasteiger partial charge in [-0.2, -0.15) is 5.10 Å². The lowest BCUT2D eigenvalue weighted by molar-refractivity contribution is -0.119. The number of carboxylic acids is 1. The predicted molar refractivity (Wildman–Crippen MR) is 88.1 cm³/mol. The van der Waals surface area contributed by atoms with Gasteiger partial charge in [-0.25, -0.2) is 23.5 Å². The minimum absolute atomic E-state index is 0.0577. The number of nitrogens with one attached hydrogen (secondary N) is 1. The Morgan fingerprint density at radius 2 is 2.15 bits per heavy atom. The van der Waals surface area contributed by atoms with E-state index in [-0.39, 0.29) is 17.5 Å². The first-order chi connectivity index (χ1) is 12.4. The summed E-state index contributed by atoms with van der Waals surface area (Å²) in [5.41, 5.74) is 0.598. The van der Waals surface area contributed by atoms with E-state index >= 15 is 0 Å². The van der Waals surface area contributed by atoms with Crippen LogP contribution in [-0.4, -0.2) is 41.5 Å². The number of carbonyl (C=O) groups is 2. The normalized spacial score (nSPS) is 11.9. The zero-order valence-corrected chi connectivity index (χ0v) is 13.7. The first-order valence-corrected chi connectivity index (χ1v) is 7.65. The summed E-state index contributed by atoms with van der Waals surface area (Å²) in [4.78, 5) is 27.4. The summed E-state index contributed by atoms with van der Waals surface area (Å²) in [5, 5.41) is 19.6. The molecule has 0 radical (unpaired) electrons. The van der Waals surface area contributed by atoms with Gasteiger partial charge in [0.15, 0.2) is 0 Å². The number of aromatic carboxylic acids is 1. The van der Waals surface area contributed by atoms with Crippen molar-refractivity contribution in [3.05, 3.63) is 59.9 Å². The van der Waals surface area contributed by atoms with Gasteiger partial charge in [0.2, 0.25) is 5.95 Å². The number of carbonyl (C=O) groups excluding carboxylic acids is 1. The van der Waals surface area contributed by atoms with Crippen LogP contribution in [0.25, 0.3) is 0 Å². The maximum atomic E-state index is 13.2. The summed E-state index contributed by atoms with van der Waals surface area (Å²) >= 11 is 0. The molecule has 0 bridgehead atoms. The number of amides is 1. The van der Waals surface area contributed by atoms with Crippen LogP contribution in [-0.2, 0) is 11.3 Å². The molecule has 0 spiro atoms. The number of anilines is 1. The van der Waals surface area contributed by atoms with Crippen LogP contribution >= 0.6 is 0 Å². The standard InChI is InChI=1S/C16H15FN6O3/c1-10(23-13(15(25)26)5-6-19-23)14(24)20-16-18-9-22(21-16)8-11-3-2-4-12(17)7-11/h2-7,9-10H,8H2,1H3,(H,25,26)(H,20,21,24). The summed E-state index contributed by atoms with van der Waals surface area (Å²) in [6.45, 7) is 1.80. The molecule has 0 aliphatic heterocycles. The van der Waals surface area contributed by atoms with Crippen molar-refractivity contribution in [2.75, 3.05) is 5.32 Å². The Balaban J connectivity index is 1.67. The van der Waals surface area contributed by atoms with E-state index < -0.39 is 17.9 Å². The molecule has 134 valence electrons. The Hall–Kier alpha value is -3.56. The number of hydrogen-bond acceptors (Lipinski definition) is 5. The number of aromatic nitrogens is 5. The van der Waals surface area contributed by atoms with Crippen molar-refractivity contribution >= 4 is 17.8 Å². The van der Waals surface area contributed by atoms with Crippen LogP contribution in [0.15, 0.2) is 42.9 Å². The van der Waals surface area contributed by atoms with E-state index in [9.17, 15) is 14.0 Å². The van der Waals surface area contributed by atoms with Gasteiger partial charge in [-0.15, -0.1) is 5.10 Å². The molecule has 0 aliphatic carbocycles. The molecule has 10 heteroatoms. The van der Waals surface area contributed by atoms with Crippen LogP contribution < -0.4 is 5.32 Å². The Morgan fingerprint density at radius 1 is 1.35 bits per heavy atom. The zero-order chi connectivity index (χ0) is 18.7. The topological polar surface area (TPSA) is 115 Å². The summed E-state index contributed by atoms with van der Waals surface area (Å²) < 4.78 is 15.8. The molecule has 9 nitrogen and oxygen atoms in total. The second kappa shape index (κ2) is 7.13. The third-order valence-corrected chi connectivity index (χ3v) is 3.64. The van der Waals surface area contributed by atoms with Gasteiger partial charge >= 0.3 is 5.97 Å². The smallest absolute Gasteiger partial charge is 0.354 e. The lowest BCUT2D eigenvalue weighted by Gasteiger charge is -2.12. The molecule has 2 N–H and O–H groups in total. The maximum absolute atomic E-state index is 13.2. The van der Waals surface area contributed by atoms with E-state index in [1.807, 2.05) is 0 Å². The molecule has 0 saturated carbocycles. The van der Waals surface area contributed by atoms with Gasteiger partial charge in [0.25, 0.3) is 5.91 Å². The number of benzene rings is 1. The van der Waals surface area contributed by atoms with E-state index in [1.165, 1.54) is 42.3 Å². The highest BCUT2D eigenvalue weighted by Gasteiger charge is 2.22. The first-order valence-electron chi connectivity index (χ1n) is 7.65. The lowest BCUT2D eigenvalue weighted by Crippen LogP contribution is -2.27. The first kappa shape index (κ1) is 17.3. The summed E-state index contributed by atoms with van der Waals surface area (Å²) in [6.07, 6.45) is 2.71. The van der Waals surface area contributed by atoms with Crippen molar-refractivity contribution in [2.45, 2.75) is 19.5 Å². The van der Waals surface area contributed by atoms with Gasteiger partial charge in [0, 0.05) is 6.20 Å². The third kappa shape index (κ3) is 3.74. The fourth-order valence-electron chi connectivity index (χ4n) is 2.37. The van der Waals surface area contributed by atoms with E-state index in [0.29, 0.717) is 12.1 Å². The van der Waals surface area contributed by atoms with Crippen LogP contribution in [0.3, 0.4) is 0 Å². The van der Waals surface area contributed by atoms with Crippen molar-refractivity contribution in [1.29, 1.82) is 0 Å². The quantitative estimate of drug-likeness (QED) is 0.691. The Bertz CT molecular complexity index is 951. The molecular formula is C16H15FN6O3. The summed E-state index contributed by atoms with van der Waals surface area (Å²) in [5.74, 6) is -1.99. The maximum Gasteiger partial charge on any atom is 0.354 e. The number of hydrogen-bond donors (Lipinski definition) is 2. The van der Waals surface area contributed by atoms with Crippen LogP contribution in [0, 0.1) is 5.82 Å². The molecule has 1 unspecified atom stereocenters. The molecule has 1 aromatic carbocycles. The highest BCUT2D eigenvalue weighted by atomic mass is 19.1. The summed E-state index contributed by atoms with van der Waals surface area (Å²) in [6, 6.07) is 6.50. The SMILES string of the molecule is CC(C(=O)Nc1ncn(Cc2cccc(F)c2)n1)n1nccc1C(=O)O. The molecule has 0 fully saturated rings. The van der Waals surface area contributed by atoms with Gasteiger partial charge < -0.3 is 5.11 Å². The molecule has 0 aliphatic rings. The van der Waals surface area contributed by atoms with Gasteiger partial charge in [0.1, 0.15) is 23.9 Å². The fourth-order valence-corrected chi connectivity index (χ4v) is 2.37. The Morgan fingerprint density at radius 3 is 2.88 bits per heavy atom. The molecule has 1 atom stereocenters.